The van der Waals surface area contributed by atoms with E-state index < -0.39 is 10.0 Å². The zero-order valence-electron chi connectivity index (χ0n) is 17.3. The average Bonchev–Trinajstić information content (AvgIpc) is 3.23. The number of likely N-dealkylation sites (tertiary alicyclic amines) is 1. The fourth-order valence-electron chi connectivity index (χ4n) is 3.91. The molecule has 7 nitrogen and oxygen atoms in total. The lowest BCUT2D eigenvalue weighted by molar-refractivity contribution is 0.0376. The van der Waals surface area contributed by atoms with Crippen LogP contribution in [0.25, 0.3) is 10.9 Å². The van der Waals surface area contributed by atoms with Crippen molar-refractivity contribution in [2.45, 2.75) is 17.7 Å². The zero-order valence-corrected chi connectivity index (χ0v) is 18.1. The Balaban J connectivity index is 1.18. The molecule has 1 aromatic heterocycles. The molecule has 0 unspecified atom stereocenters. The third-order valence-corrected chi connectivity index (χ3v) is 7.22. The fourth-order valence-corrected chi connectivity index (χ4v) is 4.95. The van der Waals surface area contributed by atoms with Crippen molar-refractivity contribution in [2.75, 3.05) is 32.8 Å². The third kappa shape index (κ3) is 5.33. The Labute approximate surface area is 182 Å². The summed E-state index contributed by atoms with van der Waals surface area (Å²) in [5.41, 5.74) is 1.49. The summed E-state index contributed by atoms with van der Waals surface area (Å²) in [7, 11) is -3.46. The summed E-state index contributed by atoms with van der Waals surface area (Å²) in [4.78, 5) is 18.1. The van der Waals surface area contributed by atoms with Crippen LogP contribution in [0.1, 0.15) is 23.2 Å². The first kappa shape index (κ1) is 21.5. The highest BCUT2D eigenvalue weighted by molar-refractivity contribution is 7.89. The average molecular weight is 442 g/mol. The summed E-state index contributed by atoms with van der Waals surface area (Å²) in [6.07, 6.45) is 3.55. The molecular formula is C23H27N3O4S. The van der Waals surface area contributed by atoms with Crippen molar-refractivity contribution in [2.24, 2.45) is 5.92 Å². The second-order valence-electron chi connectivity index (χ2n) is 7.84. The van der Waals surface area contributed by atoms with Gasteiger partial charge >= 0.3 is 5.97 Å². The number of hydrogen-bond donors (Lipinski definition) is 2. The number of sulfonamides is 1. The minimum atomic E-state index is -3.46. The highest BCUT2D eigenvalue weighted by Gasteiger charge is 2.22. The number of benzene rings is 2. The van der Waals surface area contributed by atoms with E-state index in [1.807, 2.05) is 24.3 Å². The predicted molar refractivity (Wildman–Crippen MR) is 119 cm³/mol. The van der Waals surface area contributed by atoms with Crippen LogP contribution >= 0.6 is 0 Å². The van der Waals surface area contributed by atoms with Gasteiger partial charge in [-0.3, -0.25) is 0 Å². The van der Waals surface area contributed by atoms with Gasteiger partial charge in [0.15, 0.2) is 0 Å². The van der Waals surface area contributed by atoms with E-state index in [4.69, 9.17) is 4.74 Å². The first-order valence-corrected chi connectivity index (χ1v) is 12.0. The Hall–Kier alpha value is -2.68. The van der Waals surface area contributed by atoms with E-state index in [-0.39, 0.29) is 10.9 Å². The van der Waals surface area contributed by atoms with Crippen molar-refractivity contribution in [3.8, 4) is 0 Å². The maximum Gasteiger partial charge on any atom is 0.340 e. The number of fused-ring (bicyclic) bond motifs is 1. The van der Waals surface area contributed by atoms with Gasteiger partial charge in [0.2, 0.25) is 10.0 Å². The Morgan fingerprint density at radius 2 is 1.77 bits per heavy atom. The molecule has 1 fully saturated rings. The second-order valence-corrected chi connectivity index (χ2v) is 9.61. The number of hydrogen-bond acceptors (Lipinski definition) is 5. The lowest BCUT2D eigenvalue weighted by atomic mass is 9.98. The van der Waals surface area contributed by atoms with Gasteiger partial charge in [-0.25, -0.2) is 17.9 Å². The molecule has 0 aliphatic carbocycles. The van der Waals surface area contributed by atoms with Gasteiger partial charge in [-0.2, -0.15) is 0 Å². The van der Waals surface area contributed by atoms with Crippen LogP contribution in [-0.2, 0) is 14.8 Å². The van der Waals surface area contributed by atoms with E-state index in [0.29, 0.717) is 31.2 Å². The molecule has 31 heavy (non-hydrogen) atoms. The van der Waals surface area contributed by atoms with E-state index in [2.05, 4.69) is 14.6 Å². The number of carbonyl (C=O) groups is 1. The molecule has 0 atom stereocenters. The molecule has 1 aliphatic rings. The highest BCUT2D eigenvalue weighted by Crippen LogP contribution is 2.21. The number of H-pyrrole nitrogens is 1. The molecule has 1 aliphatic heterocycles. The topological polar surface area (TPSA) is 91.5 Å². The first-order chi connectivity index (χ1) is 15.0. The molecule has 1 saturated heterocycles. The minimum Gasteiger partial charge on any atom is -0.462 e. The smallest absolute Gasteiger partial charge is 0.340 e. The van der Waals surface area contributed by atoms with E-state index in [0.717, 1.165) is 36.8 Å². The predicted octanol–water partition coefficient (Wildman–Crippen LogP) is 3.02. The Morgan fingerprint density at radius 3 is 2.55 bits per heavy atom. The van der Waals surface area contributed by atoms with Crippen LogP contribution in [0, 0.1) is 5.92 Å². The third-order valence-electron chi connectivity index (χ3n) is 5.74. The molecule has 2 heterocycles. The van der Waals surface area contributed by atoms with Crippen molar-refractivity contribution in [1.29, 1.82) is 0 Å². The monoisotopic (exact) mass is 441 g/mol. The highest BCUT2D eigenvalue weighted by atomic mass is 32.2. The van der Waals surface area contributed by atoms with Gasteiger partial charge in [0, 0.05) is 30.2 Å². The van der Waals surface area contributed by atoms with Crippen LogP contribution in [0.3, 0.4) is 0 Å². The second kappa shape index (κ2) is 9.64. The molecule has 0 spiro atoms. The molecular weight excluding hydrogens is 414 g/mol. The molecule has 3 aromatic rings. The number of rotatable bonds is 8. The summed E-state index contributed by atoms with van der Waals surface area (Å²) >= 11 is 0. The van der Waals surface area contributed by atoms with E-state index in [1.54, 1.807) is 36.5 Å². The maximum atomic E-state index is 12.5. The van der Waals surface area contributed by atoms with Crippen molar-refractivity contribution < 1.29 is 17.9 Å². The van der Waals surface area contributed by atoms with Gasteiger partial charge in [0.25, 0.3) is 0 Å². The van der Waals surface area contributed by atoms with Crippen LogP contribution in [0.2, 0.25) is 0 Å². The number of aromatic amines is 1. The number of carbonyl (C=O) groups excluding carboxylic acids is 1. The lowest BCUT2D eigenvalue weighted by Gasteiger charge is -2.31. The number of nitrogens with one attached hydrogen (secondary N) is 2. The first-order valence-electron chi connectivity index (χ1n) is 10.5. The van der Waals surface area contributed by atoms with Crippen molar-refractivity contribution in [3.63, 3.8) is 0 Å². The van der Waals surface area contributed by atoms with E-state index >= 15 is 0 Å². The van der Waals surface area contributed by atoms with Gasteiger partial charge < -0.3 is 14.6 Å². The van der Waals surface area contributed by atoms with Crippen LogP contribution in [-0.4, -0.2) is 57.1 Å². The number of nitrogens with zero attached hydrogens (tertiary/aromatic N) is 1. The number of esters is 1. The molecule has 0 radical (unpaired) electrons. The van der Waals surface area contributed by atoms with Gasteiger partial charge in [0.1, 0.15) is 0 Å². The molecule has 2 N–H and O–H groups in total. The summed E-state index contributed by atoms with van der Waals surface area (Å²) in [6.45, 7) is 3.17. The summed E-state index contributed by atoms with van der Waals surface area (Å²) in [6, 6.07) is 16.1. The van der Waals surface area contributed by atoms with Crippen LogP contribution < -0.4 is 4.72 Å². The zero-order chi connectivity index (χ0) is 21.7. The fraction of sp³-hybridized carbons (Fsp3) is 0.348. The number of para-hydroxylation sites is 1. The van der Waals surface area contributed by atoms with Crippen LogP contribution in [0.15, 0.2) is 65.7 Å². The quantitative estimate of drug-likeness (QED) is 0.525. The number of piperidine rings is 1. The summed E-state index contributed by atoms with van der Waals surface area (Å²) in [5, 5.41) is 0.875. The standard InChI is InChI=1S/C23H27N3O4S/c27-23(21-16-24-22-9-5-4-8-20(21)22)30-17-18-10-13-26(14-11-18)15-12-25-31(28,29)19-6-2-1-3-7-19/h1-9,16,18,24-25H,10-15,17H2. The van der Waals surface area contributed by atoms with Crippen molar-refractivity contribution in [3.05, 3.63) is 66.4 Å². The van der Waals surface area contributed by atoms with E-state index in [1.165, 1.54) is 0 Å². The Kier molecular flexibility index (Phi) is 6.70. The number of ether oxygens (including phenoxy) is 1. The van der Waals surface area contributed by atoms with E-state index in [9.17, 15) is 13.2 Å². The normalized spacial score (nSPS) is 15.9. The van der Waals surface area contributed by atoms with Crippen LogP contribution in [0.5, 0.6) is 0 Å². The van der Waals surface area contributed by atoms with Crippen molar-refractivity contribution >= 4 is 26.9 Å². The van der Waals surface area contributed by atoms with Gasteiger partial charge in [-0.05, 0) is 50.0 Å². The van der Waals surface area contributed by atoms with Gasteiger partial charge in [-0.15, -0.1) is 0 Å². The largest absolute Gasteiger partial charge is 0.462 e. The molecule has 8 heteroatoms. The Morgan fingerprint density at radius 1 is 1.06 bits per heavy atom. The molecule has 0 saturated carbocycles. The lowest BCUT2D eigenvalue weighted by Crippen LogP contribution is -2.40. The van der Waals surface area contributed by atoms with Crippen molar-refractivity contribution in [1.82, 2.24) is 14.6 Å². The molecule has 4 rings (SSSR count). The Bertz CT molecular complexity index is 1120. The maximum absolute atomic E-state index is 12.5. The summed E-state index contributed by atoms with van der Waals surface area (Å²) in [5.74, 6) is 0.0293. The van der Waals surface area contributed by atoms with Crippen LogP contribution in [0.4, 0.5) is 0 Å². The number of aromatic nitrogens is 1. The van der Waals surface area contributed by atoms with Gasteiger partial charge in [-0.1, -0.05) is 36.4 Å². The summed E-state index contributed by atoms with van der Waals surface area (Å²) < 4.78 is 32.8. The van der Waals surface area contributed by atoms with Gasteiger partial charge in [0.05, 0.1) is 17.1 Å². The SMILES string of the molecule is O=C(OCC1CCN(CCNS(=O)(=O)c2ccccc2)CC1)c1c[nH]c2ccccc12. The molecule has 0 bridgehead atoms. The minimum absolute atomic E-state index is 0.283. The molecule has 0 amide bonds. The molecule has 164 valence electrons. The molecule has 2 aromatic carbocycles.